The summed E-state index contributed by atoms with van der Waals surface area (Å²) in [6, 6.07) is 13.0. The molecule has 1 aromatic carbocycles. The van der Waals surface area contributed by atoms with Crippen molar-refractivity contribution in [2.45, 2.75) is 38.2 Å². The Morgan fingerprint density at radius 1 is 1.28 bits per heavy atom. The lowest BCUT2D eigenvalue weighted by atomic mass is 9.71. The summed E-state index contributed by atoms with van der Waals surface area (Å²) in [5, 5.41) is 9.78. The molecule has 25 heavy (non-hydrogen) atoms. The van der Waals surface area contributed by atoms with E-state index in [0.29, 0.717) is 32.1 Å². The molecule has 130 valence electrons. The third kappa shape index (κ3) is 4.31. The maximum absolute atomic E-state index is 14.0. The molecule has 0 saturated heterocycles. The van der Waals surface area contributed by atoms with Crippen molar-refractivity contribution in [3.8, 4) is 11.8 Å². The summed E-state index contributed by atoms with van der Waals surface area (Å²) in [7, 11) is 0. The lowest BCUT2D eigenvalue weighted by molar-refractivity contribution is 0.102. The van der Waals surface area contributed by atoms with Gasteiger partial charge in [0.15, 0.2) is 11.6 Å². The number of hydrogen-bond acceptors (Lipinski definition) is 3. The molecule has 0 bridgehead atoms. The lowest BCUT2D eigenvalue weighted by Crippen LogP contribution is -2.33. The van der Waals surface area contributed by atoms with Crippen LogP contribution in [-0.2, 0) is 6.42 Å². The van der Waals surface area contributed by atoms with Crippen LogP contribution < -0.4 is 4.74 Å². The second kappa shape index (κ2) is 7.72. The molecule has 1 aliphatic carbocycles. The van der Waals surface area contributed by atoms with Crippen LogP contribution in [0.4, 0.5) is 4.39 Å². The van der Waals surface area contributed by atoms with Gasteiger partial charge in [0.1, 0.15) is 4.60 Å². The Kier molecular flexibility index (Phi) is 5.61. The highest BCUT2D eigenvalue weighted by atomic mass is 79.9. The minimum absolute atomic E-state index is 0.0559. The molecule has 0 spiro atoms. The number of halogens is 3. The number of nitriles is 1. The van der Waals surface area contributed by atoms with Crippen molar-refractivity contribution in [3.05, 3.63) is 57.5 Å². The van der Waals surface area contributed by atoms with Gasteiger partial charge in [-0.05, 0) is 65.9 Å². The van der Waals surface area contributed by atoms with Gasteiger partial charge in [-0.1, -0.05) is 23.7 Å². The van der Waals surface area contributed by atoms with Crippen LogP contribution in [0, 0.1) is 22.6 Å². The van der Waals surface area contributed by atoms with Crippen LogP contribution in [0.25, 0.3) is 0 Å². The van der Waals surface area contributed by atoms with Crippen molar-refractivity contribution in [1.82, 2.24) is 4.98 Å². The molecule has 0 unspecified atom stereocenters. The van der Waals surface area contributed by atoms with Crippen molar-refractivity contribution in [2.24, 2.45) is 5.41 Å². The predicted octanol–water partition coefficient (Wildman–Crippen LogP) is 5.71. The molecule has 1 saturated carbocycles. The molecule has 6 heteroatoms. The van der Waals surface area contributed by atoms with Gasteiger partial charge in [-0.15, -0.1) is 0 Å². The van der Waals surface area contributed by atoms with Crippen molar-refractivity contribution in [1.29, 1.82) is 5.26 Å². The van der Waals surface area contributed by atoms with E-state index >= 15 is 0 Å². The fourth-order valence-corrected chi connectivity index (χ4v) is 3.79. The van der Waals surface area contributed by atoms with Gasteiger partial charge in [0.05, 0.1) is 22.6 Å². The Hall–Kier alpha value is -1.64. The van der Waals surface area contributed by atoms with E-state index in [9.17, 15) is 9.65 Å². The SMILES string of the molecule is N#CC1(Cc2cccc(Br)n2)CCC(Oc2cccc(Cl)c2F)CC1. The zero-order valence-electron chi connectivity index (χ0n) is 13.5. The monoisotopic (exact) mass is 422 g/mol. The minimum atomic E-state index is -0.528. The highest BCUT2D eigenvalue weighted by molar-refractivity contribution is 9.10. The molecule has 3 rings (SSSR count). The Morgan fingerprint density at radius 3 is 2.68 bits per heavy atom. The fraction of sp³-hybridized carbons (Fsp3) is 0.368. The Balaban J connectivity index is 1.65. The molecular formula is C19H17BrClFN2O. The molecule has 2 aromatic rings. The van der Waals surface area contributed by atoms with Crippen LogP contribution in [0.3, 0.4) is 0 Å². The van der Waals surface area contributed by atoms with Crippen LogP contribution in [0.5, 0.6) is 5.75 Å². The summed E-state index contributed by atoms with van der Waals surface area (Å²) in [5.74, 6) is -0.352. The van der Waals surface area contributed by atoms with E-state index in [1.165, 1.54) is 6.07 Å². The fourth-order valence-electron chi connectivity index (χ4n) is 3.24. The normalized spacial score (nSPS) is 23.0. The first-order valence-corrected chi connectivity index (χ1v) is 9.32. The van der Waals surface area contributed by atoms with Gasteiger partial charge in [-0.2, -0.15) is 5.26 Å². The average Bonchev–Trinajstić information content (AvgIpc) is 2.61. The van der Waals surface area contributed by atoms with E-state index in [2.05, 4.69) is 27.0 Å². The van der Waals surface area contributed by atoms with Gasteiger partial charge in [0.2, 0.25) is 0 Å². The molecule has 0 atom stereocenters. The Morgan fingerprint density at radius 2 is 2.00 bits per heavy atom. The Labute approximate surface area is 159 Å². The summed E-state index contributed by atoms with van der Waals surface area (Å²) in [6.45, 7) is 0. The standard InChI is InChI=1S/C19H17BrClFN2O/c20-17-6-1-3-13(24-17)11-19(12-23)9-7-14(8-10-19)25-16-5-2-4-15(21)18(16)22/h1-6,14H,7-11H2. The number of hydrogen-bond donors (Lipinski definition) is 0. The molecule has 1 aliphatic rings. The van der Waals surface area contributed by atoms with Gasteiger partial charge in [0, 0.05) is 12.1 Å². The van der Waals surface area contributed by atoms with Gasteiger partial charge >= 0.3 is 0 Å². The van der Waals surface area contributed by atoms with Crippen LogP contribution >= 0.6 is 27.5 Å². The second-order valence-corrected chi connectivity index (χ2v) is 7.61. The van der Waals surface area contributed by atoms with E-state index in [4.69, 9.17) is 16.3 Å². The summed E-state index contributed by atoms with van der Waals surface area (Å²) in [5.41, 5.74) is 0.455. The quantitative estimate of drug-likeness (QED) is 0.592. The van der Waals surface area contributed by atoms with Gasteiger partial charge < -0.3 is 4.74 Å². The maximum Gasteiger partial charge on any atom is 0.183 e. The van der Waals surface area contributed by atoms with Crippen LogP contribution in [0.2, 0.25) is 5.02 Å². The smallest absolute Gasteiger partial charge is 0.183 e. The van der Waals surface area contributed by atoms with Crippen molar-refractivity contribution in [3.63, 3.8) is 0 Å². The molecule has 1 aromatic heterocycles. The first-order chi connectivity index (χ1) is 12.0. The molecule has 0 N–H and O–H groups in total. The van der Waals surface area contributed by atoms with E-state index in [-0.39, 0.29) is 16.9 Å². The van der Waals surface area contributed by atoms with Crippen LogP contribution in [-0.4, -0.2) is 11.1 Å². The van der Waals surface area contributed by atoms with Crippen molar-refractivity contribution < 1.29 is 9.13 Å². The number of aromatic nitrogens is 1. The third-order valence-corrected chi connectivity index (χ3v) is 5.36. The molecule has 1 fully saturated rings. The van der Waals surface area contributed by atoms with E-state index in [0.717, 1.165) is 10.3 Å². The number of rotatable bonds is 4. The summed E-state index contributed by atoms with van der Waals surface area (Å²) in [6.07, 6.45) is 3.31. The van der Waals surface area contributed by atoms with Gasteiger partial charge in [-0.3, -0.25) is 0 Å². The molecule has 3 nitrogen and oxygen atoms in total. The van der Waals surface area contributed by atoms with Crippen LogP contribution in [0.1, 0.15) is 31.4 Å². The molecule has 1 heterocycles. The third-order valence-electron chi connectivity index (χ3n) is 4.63. The van der Waals surface area contributed by atoms with E-state index < -0.39 is 11.2 Å². The predicted molar refractivity (Wildman–Crippen MR) is 98.0 cm³/mol. The second-order valence-electron chi connectivity index (χ2n) is 6.39. The highest BCUT2D eigenvalue weighted by Gasteiger charge is 2.37. The first kappa shape index (κ1) is 18.2. The summed E-state index contributed by atoms with van der Waals surface area (Å²) >= 11 is 9.16. The van der Waals surface area contributed by atoms with Crippen LogP contribution in [0.15, 0.2) is 41.0 Å². The molecule has 0 amide bonds. The molecule has 0 radical (unpaired) electrons. The molecular weight excluding hydrogens is 407 g/mol. The zero-order valence-corrected chi connectivity index (χ0v) is 15.9. The van der Waals surface area contributed by atoms with Crippen molar-refractivity contribution >= 4 is 27.5 Å². The average molecular weight is 424 g/mol. The number of nitrogens with zero attached hydrogens (tertiary/aromatic N) is 2. The lowest BCUT2D eigenvalue weighted by Gasteiger charge is -2.35. The number of pyridine rings is 1. The van der Waals surface area contributed by atoms with Gasteiger partial charge in [-0.25, -0.2) is 9.37 Å². The zero-order chi connectivity index (χ0) is 17.9. The maximum atomic E-state index is 14.0. The topological polar surface area (TPSA) is 45.9 Å². The molecule has 0 aliphatic heterocycles. The first-order valence-electron chi connectivity index (χ1n) is 8.15. The number of ether oxygens (including phenoxy) is 1. The highest BCUT2D eigenvalue weighted by Crippen LogP contribution is 2.40. The van der Waals surface area contributed by atoms with Gasteiger partial charge in [0.25, 0.3) is 0 Å². The van der Waals surface area contributed by atoms with E-state index in [1.54, 1.807) is 12.1 Å². The summed E-state index contributed by atoms with van der Waals surface area (Å²) < 4.78 is 20.5. The largest absolute Gasteiger partial charge is 0.487 e. The van der Waals surface area contributed by atoms with E-state index in [1.807, 2.05) is 18.2 Å². The number of benzene rings is 1. The summed E-state index contributed by atoms with van der Waals surface area (Å²) in [4.78, 5) is 4.44. The minimum Gasteiger partial charge on any atom is -0.487 e. The Bertz CT molecular complexity index is 800. The van der Waals surface area contributed by atoms with Crippen molar-refractivity contribution in [2.75, 3.05) is 0 Å².